The third-order valence-corrected chi connectivity index (χ3v) is 4.99. The summed E-state index contributed by atoms with van der Waals surface area (Å²) in [5.41, 5.74) is 0. The maximum atomic E-state index is 12.4. The first-order valence-electron chi connectivity index (χ1n) is 8.18. The first kappa shape index (κ1) is 13.4. The molecule has 1 amide bonds. The zero-order valence-electron chi connectivity index (χ0n) is 12.5. The van der Waals surface area contributed by atoms with Crippen LogP contribution in [0.1, 0.15) is 46.0 Å². The Morgan fingerprint density at radius 3 is 2.63 bits per heavy atom. The number of piperidine rings is 2. The minimum absolute atomic E-state index is 0.396. The number of amides is 1. The second kappa shape index (κ2) is 5.43. The summed E-state index contributed by atoms with van der Waals surface area (Å²) < 4.78 is 0. The van der Waals surface area contributed by atoms with Gasteiger partial charge in [-0.05, 0) is 43.9 Å². The maximum Gasteiger partial charge on any atom is 0.225 e. The van der Waals surface area contributed by atoms with Crippen LogP contribution in [0.25, 0.3) is 0 Å². The summed E-state index contributed by atoms with van der Waals surface area (Å²) in [6, 6.07) is 0.560. The van der Waals surface area contributed by atoms with Crippen molar-refractivity contribution in [2.75, 3.05) is 26.2 Å². The Kier molecular flexibility index (Phi) is 3.84. The van der Waals surface area contributed by atoms with Gasteiger partial charge in [-0.15, -0.1) is 0 Å². The number of fused-ring (bicyclic) bond motifs is 1. The number of rotatable bonds is 3. The second-order valence-corrected chi connectivity index (χ2v) is 7.22. The molecule has 108 valence electrons. The lowest BCUT2D eigenvalue weighted by atomic mass is 9.83. The van der Waals surface area contributed by atoms with E-state index in [2.05, 4.69) is 23.6 Å². The van der Waals surface area contributed by atoms with Crippen LogP contribution in [0.15, 0.2) is 0 Å². The van der Waals surface area contributed by atoms with Gasteiger partial charge in [-0.3, -0.25) is 4.79 Å². The molecule has 3 aliphatic rings. The van der Waals surface area contributed by atoms with E-state index < -0.39 is 0 Å². The molecule has 3 nitrogen and oxygen atoms in total. The van der Waals surface area contributed by atoms with Crippen LogP contribution >= 0.6 is 0 Å². The number of hydrogen-bond donors (Lipinski definition) is 0. The minimum atomic E-state index is 0.396. The van der Waals surface area contributed by atoms with Crippen LogP contribution in [0, 0.1) is 17.8 Å². The molecule has 19 heavy (non-hydrogen) atoms. The number of hydrogen-bond acceptors (Lipinski definition) is 2. The molecule has 0 spiro atoms. The van der Waals surface area contributed by atoms with Crippen molar-refractivity contribution in [1.29, 1.82) is 0 Å². The lowest BCUT2D eigenvalue weighted by Crippen LogP contribution is -2.56. The van der Waals surface area contributed by atoms with Crippen LogP contribution in [-0.4, -0.2) is 47.9 Å². The molecule has 3 fully saturated rings. The van der Waals surface area contributed by atoms with E-state index in [1.807, 2.05) is 0 Å². The molecule has 3 rings (SSSR count). The van der Waals surface area contributed by atoms with E-state index in [9.17, 15) is 4.79 Å². The van der Waals surface area contributed by atoms with Gasteiger partial charge in [-0.25, -0.2) is 0 Å². The monoisotopic (exact) mass is 264 g/mol. The number of nitrogens with zero attached hydrogens (tertiary/aromatic N) is 2. The molecule has 1 aliphatic carbocycles. The van der Waals surface area contributed by atoms with Gasteiger partial charge in [-0.1, -0.05) is 13.8 Å². The Bertz CT molecular complexity index is 338. The van der Waals surface area contributed by atoms with Gasteiger partial charge >= 0.3 is 0 Å². The van der Waals surface area contributed by atoms with Gasteiger partial charge in [0.25, 0.3) is 0 Å². The third kappa shape index (κ3) is 2.96. The fourth-order valence-corrected chi connectivity index (χ4v) is 4.00. The van der Waals surface area contributed by atoms with Crippen LogP contribution in [-0.2, 0) is 4.79 Å². The zero-order chi connectivity index (χ0) is 13.4. The largest absolute Gasteiger partial charge is 0.339 e. The molecule has 0 unspecified atom stereocenters. The summed E-state index contributed by atoms with van der Waals surface area (Å²) >= 11 is 0. The summed E-state index contributed by atoms with van der Waals surface area (Å²) in [7, 11) is 0. The predicted octanol–water partition coefficient (Wildman–Crippen LogP) is 2.37. The molecule has 0 bridgehead atoms. The molecule has 2 heterocycles. The van der Waals surface area contributed by atoms with Crippen molar-refractivity contribution < 1.29 is 4.79 Å². The van der Waals surface area contributed by atoms with E-state index in [1.54, 1.807) is 0 Å². The second-order valence-electron chi connectivity index (χ2n) is 7.22. The Balaban J connectivity index is 1.61. The SMILES string of the molecule is CC(C)CN1CC[C@H]2[C@H](CCCN2C(=O)C2CC2)C1. The molecule has 0 radical (unpaired) electrons. The molecule has 3 heteroatoms. The van der Waals surface area contributed by atoms with Crippen LogP contribution in [0.3, 0.4) is 0 Å². The quantitative estimate of drug-likeness (QED) is 0.781. The van der Waals surface area contributed by atoms with Crippen LogP contribution in [0.2, 0.25) is 0 Å². The molecule has 0 aromatic carbocycles. The summed E-state index contributed by atoms with van der Waals surface area (Å²) in [6.45, 7) is 9.26. The molecule has 0 N–H and O–H groups in total. The van der Waals surface area contributed by atoms with Gasteiger partial charge in [0.1, 0.15) is 0 Å². The van der Waals surface area contributed by atoms with Crippen molar-refractivity contribution in [3.63, 3.8) is 0 Å². The first-order valence-corrected chi connectivity index (χ1v) is 8.18. The molecular formula is C16H28N2O. The number of carbonyl (C=O) groups excluding carboxylic acids is 1. The Labute approximate surface area is 117 Å². The highest BCUT2D eigenvalue weighted by atomic mass is 16.2. The van der Waals surface area contributed by atoms with Gasteiger partial charge in [0.2, 0.25) is 5.91 Å². The van der Waals surface area contributed by atoms with Gasteiger partial charge < -0.3 is 9.80 Å². The standard InChI is InChI=1S/C16H28N2O/c1-12(2)10-17-9-7-15-14(11-17)4-3-8-18(15)16(19)13-5-6-13/h12-15H,3-11H2,1-2H3/t14-,15+/m1/s1. The van der Waals surface area contributed by atoms with Crippen molar-refractivity contribution >= 4 is 5.91 Å². The Morgan fingerprint density at radius 2 is 1.95 bits per heavy atom. The smallest absolute Gasteiger partial charge is 0.225 e. The summed E-state index contributed by atoms with van der Waals surface area (Å²) in [6.07, 6.45) is 6.04. The topological polar surface area (TPSA) is 23.6 Å². The minimum Gasteiger partial charge on any atom is -0.339 e. The van der Waals surface area contributed by atoms with Crippen LogP contribution in [0.5, 0.6) is 0 Å². The van der Waals surface area contributed by atoms with Crippen molar-refractivity contribution in [1.82, 2.24) is 9.80 Å². The predicted molar refractivity (Wildman–Crippen MR) is 76.8 cm³/mol. The van der Waals surface area contributed by atoms with Gasteiger partial charge in [0, 0.05) is 38.1 Å². The highest BCUT2D eigenvalue weighted by molar-refractivity contribution is 5.81. The average molecular weight is 264 g/mol. The van der Waals surface area contributed by atoms with Crippen molar-refractivity contribution in [3.05, 3.63) is 0 Å². The fraction of sp³-hybridized carbons (Fsp3) is 0.938. The molecule has 1 saturated carbocycles. The van der Waals surface area contributed by atoms with E-state index in [4.69, 9.17) is 0 Å². The molecule has 2 saturated heterocycles. The summed E-state index contributed by atoms with van der Waals surface area (Å²) in [4.78, 5) is 17.3. The van der Waals surface area contributed by atoms with Crippen molar-refractivity contribution in [2.24, 2.45) is 17.8 Å². The van der Waals surface area contributed by atoms with E-state index in [1.165, 1.54) is 38.9 Å². The van der Waals surface area contributed by atoms with E-state index in [0.29, 0.717) is 17.9 Å². The Morgan fingerprint density at radius 1 is 1.16 bits per heavy atom. The van der Waals surface area contributed by atoms with E-state index >= 15 is 0 Å². The number of carbonyl (C=O) groups is 1. The lowest BCUT2D eigenvalue weighted by Gasteiger charge is -2.47. The summed E-state index contributed by atoms with van der Waals surface area (Å²) in [5, 5.41) is 0. The van der Waals surface area contributed by atoms with Crippen LogP contribution < -0.4 is 0 Å². The fourth-order valence-electron chi connectivity index (χ4n) is 4.00. The average Bonchev–Trinajstić information content (AvgIpc) is 3.20. The molecule has 2 aliphatic heterocycles. The Hall–Kier alpha value is -0.570. The van der Waals surface area contributed by atoms with Crippen LogP contribution in [0.4, 0.5) is 0 Å². The van der Waals surface area contributed by atoms with Gasteiger partial charge in [-0.2, -0.15) is 0 Å². The zero-order valence-corrected chi connectivity index (χ0v) is 12.5. The summed E-state index contributed by atoms with van der Waals surface area (Å²) in [5.74, 6) is 2.37. The van der Waals surface area contributed by atoms with Gasteiger partial charge in [0.05, 0.1) is 0 Å². The molecule has 0 aromatic heterocycles. The number of likely N-dealkylation sites (tertiary alicyclic amines) is 2. The van der Waals surface area contributed by atoms with E-state index in [-0.39, 0.29) is 0 Å². The van der Waals surface area contributed by atoms with E-state index in [0.717, 1.165) is 31.2 Å². The normalized spacial score (nSPS) is 32.5. The highest BCUT2D eigenvalue weighted by Gasteiger charge is 2.42. The highest BCUT2D eigenvalue weighted by Crippen LogP contribution is 2.37. The molecule has 0 aromatic rings. The molecule has 2 atom stereocenters. The van der Waals surface area contributed by atoms with Crippen molar-refractivity contribution in [3.8, 4) is 0 Å². The third-order valence-electron chi connectivity index (χ3n) is 4.99. The van der Waals surface area contributed by atoms with Gasteiger partial charge in [0.15, 0.2) is 0 Å². The maximum absolute atomic E-state index is 12.4. The first-order chi connectivity index (χ1) is 9.15. The van der Waals surface area contributed by atoms with Crippen molar-refractivity contribution in [2.45, 2.75) is 52.0 Å². The lowest BCUT2D eigenvalue weighted by molar-refractivity contribution is -0.139. The molecular weight excluding hydrogens is 236 g/mol.